The van der Waals surface area contributed by atoms with Gasteiger partial charge in [-0.1, -0.05) is 53.8 Å². The molecule has 0 radical (unpaired) electrons. The number of rotatable bonds is 7. The summed E-state index contributed by atoms with van der Waals surface area (Å²) in [5.74, 6) is -1.22. The summed E-state index contributed by atoms with van der Waals surface area (Å²) >= 11 is 1.52. The number of benzene rings is 3. The molecular weight excluding hydrogens is 414 g/mol. The Hall–Kier alpha value is -4.04. The lowest BCUT2D eigenvalue weighted by molar-refractivity contribution is -0.659. The number of thiazole rings is 1. The number of para-hydroxylation sites is 1. The summed E-state index contributed by atoms with van der Waals surface area (Å²) in [6.45, 7) is 0.484. The second kappa shape index (κ2) is 8.76. The van der Waals surface area contributed by atoms with Crippen molar-refractivity contribution >= 4 is 33.8 Å². The van der Waals surface area contributed by atoms with E-state index >= 15 is 0 Å². The first kappa shape index (κ1) is 20.2. The van der Waals surface area contributed by atoms with E-state index in [4.69, 9.17) is 0 Å². The van der Waals surface area contributed by atoms with Crippen LogP contribution in [0.15, 0.2) is 84.2 Å². The summed E-state index contributed by atoms with van der Waals surface area (Å²) in [5.41, 5.74) is 3.73. The molecule has 0 atom stereocenters. The lowest BCUT2D eigenvalue weighted by Crippen LogP contribution is -2.37. The van der Waals surface area contributed by atoms with E-state index in [1.54, 1.807) is 24.3 Å². The number of aromatic carboxylic acids is 1. The minimum Gasteiger partial charge on any atom is -0.545 e. The summed E-state index contributed by atoms with van der Waals surface area (Å²) < 4.78 is 2.06. The predicted molar refractivity (Wildman–Crippen MR) is 116 cm³/mol. The fraction of sp³-hybridized carbons (Fsp3) is 0.0435. The predicted octanol–water partition coefficient (Wildman–Crippen LogP) is 3.77. The van der Waals surface area contributed by atoms with Gasteiger partial charge in [0.1, 0.15) is 17.9 Å². The Morgan fingerprint density at radius 3 is 2.26 bits per heavy atom. The second-order valence-corrected chi connectivity index (χ2v) is 7.65. The van der Waals surface area contributed by atoms with Gasteiger partial charge in [0.25, 0.3) is 5.69 Å². The maximum atomic E-state index is 11.0. The zero-order chi connectivity index (χ0) is 21.8. The van der Waals surface area contributed by atoms with Crippen LogP contribution in [0.4, 0.5) is 16.5 Å². The first-order valence-corrected chi connectivity index (χ1v) is 10.3. The molecule has 1 N–H and O–H groups in total. The van der Waals surface area contributed by atoms with E-state index in [1.807, 2.05) is 35.7 Å². The highest BCUT2D eigenvalue weighted by molar-refractivity contribution is 7.13. The van der Waals surface area contributed by atoms with Gasteiger partial charge in [-0.2, -0.15) is 0 Å². The third-order valence-electron chi connectivity index (χ3n) is 4.75. The highest BCUT2D eigenvalue weighted by Gasteiger charge is 2.21. The third-order valence-corrected chi connectivity index (χ3v) is 5.63. The molecule has 1 heterocycles. The number of carbonyl (C=O) groups is 1. The van der Waals surface area contributed by atoms with Gasteiger partial charge in [0.15, 0.2) is 0 Å². The fourth-order valence-corrected chi connectivity index (χ4v) is 4.11. The van der Waals surface area contributed by atoms with Crippen LogP contribution >= 0.6 is 11.3 Å². The van der Waals surface area contributed by atoms with Crippen LogP contribution in [0.2, 0.25) is 0 Å². The van der Waals surface area contributed by atoms with E-state index < -0.39 is 10.9 Å². The van der Waals surface area contributed by atoms with Gasteiger partial charge in [-0.15, -0.1) is 0 Å². The summed E-state index contributed by atoms with van der Waals surface area (Å²) in [4.78, 5) is 21.6. The summed E-state index contributed by atoms with van der Waals surface area (Å²) in [6, 6.07) is 22.7. The van der Waals surface area contributed by atoms with Crippen molar-refractivity contribution in [3.63, 3.8) is 0 Å². The van der Waals surface area contributed by atoms with Crippen molar-refractivity contribution in [2.24, 2.45) is 0 Å². The Kier molecular flexibility index (Phi) is 5.72. The summed E-state index contributed by atoms with van der Waals surface area (Å²) in [6.07, 6.45) is 0. The molecule has 4 rings (SSSR count). The standard InChI is InChI=1S/C23H17N3O4S/c27-22(28)18-8-6-16(7-9-18)14-25-21(17-10-12-20(13-11-17)26(29)30)15-31-23(25)24-19-4-2-1-3-5-19/h1-13,15H,14H2,(H,27,28). The molecule has 0 aliphatic heterocycles. The minimum atomic E-state index is -1.22. The Morgan fingerprint density at radius 2 is 1.65 bits per heavy atom. The third kappa shape index (κ3) is 4.59. The number of carboxylic acid groups (broad SMARTS) is 1. The molecule has 0 aliphatic rings. The van der Waals surface area contributed by atoms with Gasteiger partial charge in [0.05, 0.1) is 10.9 Å². The molecule has 154 valence electrons. The number of carbonyl (C=O) groups excluding carboxylic acids is 1. The topological polar surface area (TPSA) is 99.2 Å². The lowest BCUT2D eigenvalue weighted by atomic mass is 10.1. The van der Waals surface area contributed by atoms with Crippen molar-refractivity contribution in [1.29, 1.82) is 0 Å². The SMILES string of the molecule is O=C([O-])c1ccc(C[n+]2c(-c3ccc([N+](=O)[O-])cc3)csc2Nc2ccccc2)cc1. The van der Waals surface area contributed by atoms with E-state index in [9.17, 15) is 20.0 Å². The highest BCUT2D eigenvalue weighted by atomic mass is 32.1. The molecule has 0 aliphatic carbocycles. The molecule has 4 aromatic rings. The van der Waals surface area contributed by atoms with Crippen LogP contribution in [0, 0.1) is 10.1 Å². The van der Waals surface area contributed by atoms with Gasteiger partial charge in [0, 0.05) is 23.1 Å². The van der Waals surface area contributed by atoms with Gasteiger partial charge >= 0.3 is 5.13 Å². The van der Waals surface area contributed by atoms with Gasteiger partial charge < -0.3 is 9.90 Å². The number of nitrogens with zero attached hydrogens (tertiary/aromatic N) is 2. The van der Waals surface area contributed by atoms with Crippen molar-refractivity contribution in [1.82, 2.24) is 0 Å². The largest absolute Gasteiger partial charge is 0.545 e. The molecule has 0 spiro atoms. The molecule has 0 unspecified atom stereocenters. The van der Waals surface area contributed by atoms with E-state index in [1.165, 1.54) is 35.6 Å². The lowest BCUT2D eigenvalue weighted by Gasteiger charge is -2.08. The molecule has 0 amide bonds. The van der Waals surface area contributed by atoms with Crippen LogP contribution in [0.3, 0.4) is 0 Å². The molecule has 31 heavy (non-hydrogen) atoms. The second-order valence-electron chi connectivity index (χ2n) is 6.79. The van der Waals surface area contributed by atoms with Gasteiger partial charge in [-0.05, 0) is 35.4 Å². The van der Waals surface area contributed by atoms with E-state index in [2.05, 4.69) is 9.88 Å². The van der Waals surface area contributed by atoms with Crippen molar-refractivity contribution in [3.8, 4) is 11.3 Å². The maximum Gasteiger partial charge on any atom is 0.339 e. The Balaban J connectivity index is 1.72. The quantitative estimate of drug-likeness (QED) is 0.273. The number of nitro benzene ring substituents is 1. The number of carboxylic acids is 1. The van der Waals surface area contributed by atoms with Crippen molar-refractivity contribution in [3.05, 3.63) is 105 Å². The Morgan fingerprint density at radius 1 is 0.968 bits per heavy atom. The molecule has 0 saturated heterocycles. The molecular formula is C23H17N3O4S. The van der Waals surface area contributed by atoms with Crippen LogP contribution in [0.5, 0.6) is 0 Å². The normalized spacial score (nSPS) is 10.6. The number of hydrogen-bond donors (Lipinski definition) is 1. The zero-order valence-electron chi connectivity index (χ0n) is 16.2. The first-order chi connectivity index (χ1) is 15.0. The Labute approximate surface area is 182 Å². The molecule has 1 aromatic heterocycles. The van der Waals surface area contributed by atoms with E-state index in [-0.39, 0.29) is 11.3 Å². The van der Waals surface area contributed by atoms with Crippen LogP contribution in [-0.2, 0) is 6.54 Å². The number of anilines is 2. The number of aromatic nitrogens is 1. The molecule has 7 nitrogen and oxygen atoms in total. The fourth-order valence-electron chi connectivity index (χ4n) is 3.15. The molecule has 0 fully saturated rings. The number of nitro groups is 1. The first-order valence-electron chi connectivity index (χ1n) is 9.40. The van der Waals surface area contributed by atoms with Gasteiger partial charge in [-0.3, -0.25) is 10.1 Å². The highest BCUT2D eigenvalue weighted by Crippen LogP contribution is 2.27. The number of nitrogens with one attached hydrogen (secondary N) is 1. The zero-order valence-corrected chi connectivity index (χ0v) is 17.0. The minimum absolute atomic E-state index is 0.0334. The number of non-ortho nitro benzene ring substituents is 1. The van der Waals surface area contributed by atoms with Gasteiger partial charge in [0.2, 0.25) is 0 Å². The molecule has 8 heteroatoms. The van der Waals surface area contributed by atoms with Crippen LogP contribution in [-0.4, -0.2) is 10.9 Å². The molecule has 0 saturated carbocycles. The smallest absolute Gasteiger partial charge is 0.339 e. The average Bonchev–Trinajstić information content (AvgIpc) is 3.17. The van der Waals surface area contributed by atoms with Crippen LogP contribution in [0.1, 0.15) is 15.9 Å². The van der Waals surface area contributed by atoms with Gasteiger partial charge in [-0.25, -0.2) is 9.88 Å². The van der Waals surface area contributed by atoms with Crippen molar-refractivity contribution < 1.29 is 19.4 Å². The summed E-state index contributed by atoms with van der Waals surface area (Å²) in [7, 11) is 0. The van der Waals surface area contributed by atoms with Crippen LogP contribution in [0.25, 0.3) is 11.3 Å². The van der Waals surface area contributed by atoms with E-state index in [0.29, 0.717) is 6.54 Å². The van der Waals surface area contributed by atoms with Crippen molar-refractivity contribution in [2.75, 3.05) is 5.32 Å². The van der Waals surface area contributed by atoms with Crippen molar-refractivity contribution in [2.45, 2.75) is 6.54 Å². The molecule has 3 aromatic carbocycles. The number of hydrogen-bond acceptors (Lipinski definition) is 6. The Bertz CT molecular complexity index is 1220. The summed E-state index contributed by atoms with van der Waals surface area (Å²) in [5, 5.41) is 28.3. The monoisotopic (exact) mass is 431 g/mol. The van der Waals surface area contributed by atoms with E-state index in [0.717, 1.165) is 27.6 Å². The van der Waals surface area contributed by atoms with Crippen LogP contribution < -0.4 is 15.0 Å². The average molecular weight is 431 g/mol. The molecule has 0 bridgehead atoms. The maximum absolute atomic E-state index is 11.0.